The van der Waals surface area contributed by atoms with Crippen molar-refractivity contribution >= 4 is 16.9 Å². The van der Waals surface area contributed by atoms with Crippen molar-refractivity contribution < 1.29 is 4.79 Å². The van der Waals surface area contributed by atoms with Gasteiger partial charge in [0.1, 0.15) is 0 Å². The Morgan fingerprint density at radius 1 is 0.609 bits per heavy atom. The van der Waals surface area contributed by atoms with Gasteiger partial charge >= 0.3 is 0 Å². The molecule has 0 saturated carbocycles. The Hall–Kier alpha value is -2.93. The number of ketones is 1. The first kappa shape index (κ1) is 13.7. The van der Waals surface area contributed by atoms with Gasteiger partial charge in [0.15, 0.2) is 5.78 Å². The lowest BCUT2D eigenvalue weighted by atomic mass is 9.93. The maximum atomic E-state index is 13.0. The molecule has 1 nitrogen and oxygen atoms in total. The van der Waals surface area contributed by atoms with Crippen molar-refractivity contribution in [2.75, 3.05) is 0 Å². The van der Waals surface area contributed by atoms with E-state index in [4.69, 9.17) is 0 Å². The van der Waals surface area contributed by atoms with Crippen molar-refractivity contribution in [1.82, 2.24) is 0 Å². The summed E-state index contributed by atoms with van der Waals surface area (Å²) in [6.45, 7) is 2.08. The van der Waals surface area contributed by atoms with Crippen LogP contribution in [0.2, 0.25) is 0 Å². The number of carbonyl (C=O) groups is 1. The summed E-state index contributed by atoms with van der Waals surface area (Å²) >= 11 is 0. The predicted molar refractivity (Wildman–Crippen MR) is 94.3 cm³/mol. The van der Waals surface area contributed by atoms with Gasteiger partial charge in [-0.3, -0.25) is 4.79 Å². The van der Waals surface area contributed by atoms with Crippen LogP contribution in [-0.4, -0.2) is 5.78 Å². The molecule has 0 heterocycles. The molecule has 0 spiro atoms. The standard InChI is InChI=1S/C22H16O/c1-15-8-7-11-17(14-15)20-18-12-5-6-13-19(18)22(23)21(20)16-9-3-2-4-10-16/h2-14H,1H3. The van der Waals surface area contributed by atoms with Gasteiger partial charge in [-0.2, -0.15) is 0 Å². The molecule has 110 valence electrons. The van der Waals surface area contributed by atoms with E-state index in [1.54, 1.807) is 0 Å². The zero-order valence-electron chi connectivity index (χ0n) is 12.9. The smallest absolute Gasteiger partial charge is 0.194 e. The van der Waals surface area contributed by atoms with Gasteiger partial charge in [0.25, 0.3) is 0 Å². The van der Waals surface area contributed by atoms with Crippen molar-refractivity contribution in [1.29, 1.82) is 0 Å². The summed E-state index contributed by atoms with van der Waals surface area (Å²) in [7, 11) is 0. The molecule has 0 saturated heterocycles. The summed E-state index contributed by atoms with van der Waals surface area (Å²) in [5, 5.41) is 0. The molecule has 1 aliphatic carbocycles. The van der Waals surface area contributed by atoms with Crippen molar-refractivity contribution in [2.24, 2.45) is 0 Å². The average Bonchev–Trinajstić information content (AvgIpc) is 2.89. The molecule has 0 atom stereocenters. The highest BCUT2D eigenvalue weighted by atomic mass is 16.1. The predicted octanol–water partition coefficient (Wildman–Crippen LogP) is 5.15. The number of benzene rings is 3. The van der Waals surface area contributed by atoms with Crippen LogP contribution in [0.25, 0.3) is 11.1 Å². The Morgan fingerprint density at radius 2 is 1.26 bits per heavy atom. The van der Waals surface area contributed by atoms with E-state index >= 15 is 0 Å². The summed E-state index contributed by atoms with van der Waals surface area (Å²) in [6.07, 6.45) is 0. The third-order valence-electron chi connectivity index (χ3n) is 4.29. The van der Waals surface area contributed by atoms with Crippen LogP contribution in [0.15, 0.2) is 78.9 Å². The fraction of sp³-hybridized carbons (Fsp3) is 0.0455. The molecule has 1 heteroatoms. The Balaban J connectivity index is 2.05. The highest BCUT2D eigenvalue weighted by Gasteiger charge is 2.30. The van der Waals surface area contributed by atoms with Gasteiger partial charge in [0, 0.05) is 16.7 Å². The Bertz CT molecular complexity index is 933. The molecule has 0 fully saturated rings. The Labute approximate surface area is 135 Å². The molecule has 0 N–H and O–H groups in total. The molecule has 1 aliphatic rings. The van der Waals surface area contributed by atoms with Gasteiger partial charge in [-0.25, -0.2) is 0 Å². The fourth-order valence-corrected chi connectivity index (χ4v) is 3.26. The molecule has 0 radical (unpaired) electrons. The number of fused-ring (bicyclic) bond motifs is 1. The normalized spacial score (nSPS) is 13.3. The molecule has 4 rings (SSSR count). The third kappa shape index (κ3) is 2.22. The van der Waals surface area contributed by atoms with Gasteiger partial charge < -0.3 is 0 Å². The molecule has 23 heavy (non-hydrogen) atoms. The van der Waals surface area contributed by atoms with E-state index < -0.39 is 0 Å². The van der Waals surface area contributed by atoms with E-state index in [9.17, 15) is 4.79 Å². The molecule has 0 bridgehead atoms. The maximum absolute atomic E-state index is 13.0. The fourth-order valence-electron chi connectivity index (χ4n) is 3.26. The number of Topliss-reactive ketones (excluding diaryl/α,β-unsaturated/α-hetero) is 1. The zero-order chi connectivity index (χ0) is 15.8. The number of hydrogen-bond acceptors (Lipinski definition) is 1. The largest absolute Gasteiger partial charge is 0.289 e. The first-order chi connectivity index (χ1) is 11.3. The van der Waals surface area contributed by atoms with Crippen LogP contribution < -0.4 is 0 Å². The minimum absolute atomic E-state index is 0.114. The summed E-state index contributed by atoms with van der Waals surface area (Å²) < 4.78 is 0. The van der Waals surface area contributed by atoms with Gasteiger partial charge in [-0.05, 0) is 23.6 Å². The molecule has 0 aromatic heterocycles. The summed E-state index contributed by atoms with van der Waals surface area (Å²) in [4.78, 5) is 13.0. The average molecular weight is 296 g/mol. The van der Waals surface area contributed by atoms with E-state index in [-0.39, 0.29) is 5.78 Å². The van der Waals surface area contributed by atoms with Crippen molar-refractivity contribution in [3.05, 3.63) is 107 Å². The zero-order valence-corrected chi connectivity index (χ0v) is 12.9. The second kappa shape index (κ2) is 5.36. The van der Waals surface area contributed by atoms with Crippen molar-refractivity contribution in [3.8, 4) is 0 Å². The molecule has 3 aromatic rings. The number of allylic oxidation sites excluding steroid dienone is 1. The van der Waals surface area contributed by atoms with Gasteiger partial charge in [-0.1, -0.05) is 84.4 Å². The third-order valence-corrected chi connectivity index (χ3v) is 4.29. The van der Waals surface area contributed by atoms with Crippen molar-refractivity contribution in [3.63, 3.8) is 0 Å². The highest BCUT2D eigenvalue weighted by Crippen LogP contribution is 2.42. The number of aryl methyl sites for hydroxylation is 1. The van der Waals surface area contributed by atoms with Crippen LogP contribution >= 0.6 is 0 Å². The molecule has 0 amide bonds. The Kier molecular flexibility index (Phi) is 3.20. The maximum Gasteiger partial charge on any atom is 0.194 e. The number of rotatable bonds is 2. The SMILES string of the molecule is Cc1cccc(C2=C(c3ccccc3)C(=O)c3ccccc32)c1. The van der Waals surface area contributed by atoms with E-state index in [1.807, 2.05) is 60.7 Å². The topological polar surface area (TPSA) is 17.1 Å². The quantitative estimate of drug-likeness (QED) is 0.639. The first-order valence-electron chi connectivity index (χ1n) is 7.76. The minimum Gasteiger partial charge on any atom is -0.289 e. The van der Waals surface area contributed by atoms with Gasteiger partial charge in [-0.15, -0.1) is 0 Å². The lowest BCUT2D eigenvalue weighted by Gasteiger charge is -2.09. The van der Waals surface area contributed by atoms with Crippen LogP contribution in [-0.2, 0) is 0 Å². The van der Waals surface area contributed by atoms with Crippen molar-refractivity contribution in [2.45, 2.75) is 6.92 Å². The molecular weight excluding hydrogens is 280 g/mol. The van der Waals surface area contributed by atoms with E-state index in [1.165, 1.54) is 5.56 Å². The summed E-state index contributed by atoms with van der Waals surface area (Å²) in [5.74, 6) is 0.114. The Morgan fingerprint density at radius 3 is 2.00 bits per heavy atom. The summed E-state index contributed by atoms with van der Waals surface area (Å²) in [6, 6.07) is 26.2. The van der Waals surface area contributed by atoms with E-state index in [0.717, 1.165) is 33.4 Å². The van der Waals surface area contributed by atoms with E-state index in [0.29, 0.717) is 0 Å². The lowest BCUT2D eigenvalue weighted by Crippen LogP contribution is -1.98. The van der Waals surface area contributed by atoms with Crippen LogP contribution in [0.1, 0.15) is 32.6 Å². The second-order valence-electron chi connectivity index (χ2n) is 5.86. The number of hydrogen-bond donors (Lipinski definition) is 0. The van der Waals surface area contributed by atoms with Crippen LogP contribution in [0.5, 0.6) is 0 Å². The van der Waals surface area contributed by atoms with Crippen LogP contribution in [0.4, 0.5) is 0 Å². The second-order valence-corrected chi connectivity index (χ2v) is 5.86. The molecule has 3 aromatic carbocycles. The first-order valence-corrected chi connectivity index (χ1v) is 7.76. The van der Waals surface area contributed by atoms with Gasteiger partial charge in [0.05, 0.1) is 0 Å². The molecular formula is C22H16O. The molecule has 0 aliphatic heterocycles. The summed E-state index contributed by atoms with van der Waals surface area (Å²) in [5.41, 5.74) is 6.94. The van der Waals surface area contributed by atoms with Crippen LogP contribution in [0, 0.1) is 6.92 Å². The van der Waals surface area contributed by atoms with Crippen LogP contribution in [0.3, 0.4) is 0 Å². The number of carbonyl (C=O) groups excluding carboxylic acids is 1. The monoisotopic (exact) mass is 296 g/mol. The lowest BCUT2D eigenvalue weighted by molar-refractivity contribution is 0.105. The van der Waals surface area contributed by atoms with Gasteiger partial charge in [0.2, 0.25) is 0 Å². The van der Waals surface area contributed by atoms with E-state index in [2.05, 4.69) is 25.1 Å². The minimum atomic E-state index is 0.114. The highest BCUT2D eigenvalue weighted by molar-refractivity contribution is 6.41. The molecule has 0 unspecified atom stereocenters.